The summed E-state index contributed by atoms with van der Waals surface area (Å²) >= 11 is 0. The van der Waals surface area contributed by atoms with Crippen LogP contribution in [-0.4, -0.2) is 16.9 Å². The highest BCUT2D eigenvalue weighted by atomic mass is 19.1. The van der Waals surface area contributed by atoms with Crippen molar-refractivity contribution in [2.24, 2.45) is 0 Å². The van der Waals surface area contributed by atoms with Gasteiger partial charge in [0, 0.05) is 17.3 Å². The van der Waals surface area contributed by atoms with Gasteiger partial charge in [0.25, 0.3) is 5.91 Å². The molecule has 1 fully saturated rings. The summed E-state index contributed by atoms with van der Waals surface area (Å²) in [5, 5.41) is 6.23. The Morgan fingerprint density at radius 3 is 2.85 bits per heavy atom. The van der Waals surface area contributed by atoms with Gasteiger partial charge in [0.1, 0.15) is 5.82 Å². The van der Waals surface area contributed by atoms with Gasteiger partial charge in [0.2, 0.25) is 5.89 Å². The van der Waals surface area contributed by atoms with Crippen LogP contribution in [0.3, 0.4) is 0 Å². The molecule has 138 valence electrons. The number of oxazole rings is 1. The van der Waals surface area contributed by atoms with Crippen LogP contribution in [0.2, 0.25) is 0 Å². The van der Waals surface area contributed by atoms with E-state index in [0.29, 0.717) is 35.4 Å². The number of aromatic nitrogens is 1. The van der Waals surface area contributed by atoms with Gasteiger partial charge in [0.05, 0.1) is 18.3 Å². The molecule has 5 nitrogen and oxygen atoms in total. The molecule has 0 radical (unpaired) electrons. The molecule has 0 saturated heterocycles. The van der Waals surface area contributed by atoms with E-state index in [1.165, 1.54) is 12.3 Å². The number of rotatable bonds is 6. The Hall–Kier alpha value is -3.15. The first-order valence-corrected chi connectivity index (χ1v) is 8.95. The molecule has 0 spiro atoms. The highest BCUT2D eigenvalue weighted by molar-refractivity contribution is 5.95. The molecule has 1 heterocycles. The van der Waals surface area contributed by atoms with E-state index >= 15 is 0 Å². The smallest absolute Gasteiger partial charge is 0.251 e. The maximum absolute atomic E-state index is 13.9. The van der Waals surface area contributed by atoms with Gasteiger partial charge < -0.3 is 15.1 Å². The third kappa shape index (κ3) is 4.00. The van der Waals surface area contributed by atoms with Crippen molar-refractivity contribution in [3.05, 3.63) is 71.5 Å². The number of amides is 1. The van der Waals surface area contributed by atoms with E-state index in [2.05, 4.69) is 15.6 Å². The van der Waals surface area contributed by atoms with E-state index in [1.807, 2.05) is 25.1 Å². The number of aryl methyl sites for hydroxylation is 1. The number of nitrogens with one attached hydrogen (secondary N) is 2. The van der Waals surface area contributed by atoms with Crippen molar-refractivity contribution >= 4 is 11.6 Å². The second-order valence-electron chi connectivity index (χ2n) is 6.73. The molecule has 0 atom stereocenters. The minimum Gasteiger partial charge on any atom is -0.439 e. The molecular formula is C21H20FN3O2. The summed E-state index contributed by atoms with van der Waals surface area (Å²) in [6.07, 6.45) is 3.62. The lowest BCUT2D eigenvalue weighted by atomic mass is 10.1. The Labute approximate surface area is 156 Å². The maximum atomic E-state index is 13.9. The molecule has 6 heteroatoms. The van der Waals surface area contributed by atoms with Gasteiger partial charge in [0.15, 0.2) is 5.76 Å². The van der Waals surface area contributed by atoms with Crippen LogP contribution < -0.4 is 10.6 Å². The number of carbonyl (C=O) groups is 1. The molecule has 3 aromatic rings. The monoisotopic (exact) mass is 365 g/mol. The molecule has 27 heavy (non-hydrogen) atoms. The topological polar surface area (TPSA) is 67.2 Å². The number of halogens is 1. The molecule has 4 rings (SSSR count). The molecule has 2 aromatic carbocycles. The fraction of sp³-hybridized carbons (Fsp3) is 0.238. The predicted molar refractivity (Wildman–Crippen MR) is 101 cm³/mol. The Morgan fingerprint density at radius 1 is 1.26 bits per heavy atom. The average molecular weight is 365 g/mol. The first-order valence-electron chi connectivity index (χ1n) is 8.95. The van der Waals surface area contributed by atoms with Gasteiger partial charge in [-0.1, -0.05) is 18.2 Å². The van der Waals surface area contributed by atoms with Gasteiger partial charge in [-0.05, 0) is 49.6 Å². The van der Waals surface area contributed by atoms with Crippen molar-refractivity contribution in [1.29, 1.82) is 0 Å². The quantitative estimate of drug-likeness (QED) is 0.684. The van der Waals surface area contributed by atoms with E-state index in [9.17, 15) is 9.18 Å². The number of hydrogen-bond acceptors (Lipinski definition) is 4. The first-order chi connectivity index (χ1) is 13.1. The van der Waals surface area contributed by atoms with E-state index in [4.69, 9.17) is 4.42 Å². The summed E-state index contributed by atoms with van der Waals surface area (Å²) in [4.78, 5) is 16.4. The Bertz CT molecular complexity index is 979. The lowest BCUT2D eigenvalue weighted by molar-refractivity contribution is 0.0951. The number of carbonyl (C=O) groups excluding carboxylic acids is 1. The van der Waals surface area contributed by atoms with Gasteiger partial charge >= 0.3 is 0 Å². The highest BCUT2D eigenvalue weighted by Gasteiger charge is 2.24. The molecule has 1 saturated carbocycles. The van der Waals surface area contributed by atoms with Crippen LogP contribution in [0.4, 0.5) is 10.1 Å². The minimum absolute atomic E-state index is 0.0569. The third-order valence-electron chi connectivity index (χ3n) is 4.54. The molecule has 1 aromatic heterocycles. The zero-order valence-corrected chi connectivity index (χ0v) is 15.0. The Kier molecular flexibility index (Phi) is 4.62. The molecule has 1 aliphatic rings. The molecular weight excluding hydrogens is 345 g/mol. The second-order valence-corrected chi connectivity index (χ2v) is 6.73. The Morgan fingerprint density at radius 2 is 2.07 bits per heavy atom. The van der Waals surface area contributed by atoms with Crippen molar-refractivity contribution in [2.75, 3.05) is 5.32 Å². The SMILES string of the molecule is Cc1ccc(C(=O)NC2CC2)cc1NCc1ncc(-c2ccccc2F)o1. The van der Waals surface area contributed by atoms with Gasteiger partial charge in [-0.2, -0.15) is 0 Å². The Balaban J connectivity index is 1.45. The molecule has 0 aliphatic heterocycles. The zero-order chi connectivity index (χ0) is 18.8. The fourth-order valence-corrected chi connectivity index (χ4v) is 2.80. The lowest BCUT2D eigenvalue weighted by Crippen LogP contribution is -2.25. The summed E-state index contributed by atoms with van der Waals surface area (Å²) in [5.41, 5.74) is 2.85. The summed E-state index contributed by atoms with van der Waals surface area (Å²) in [6, 6.07) is 12.3. The molecule has 0 unspecified atom stereocenters. The zero-order valence-electron chi connectivity index (χ0n) is 15.0. The van der Waals surface area contributed by atoms with Crippen LogP contribution in [0.25, 0.3) is 11.3 Å². The summed E-state index contributed by atoms with van der Waals surface area (Å²) in [6.45, 7) is 2.30. The van der Waals surface area contributed by atoms with Crippen molar-refractivity contribution in [2.45, 2.75) is 32.4 Å². The van der Waals surface area contributed by atoms with Crippen LogP contribution in [0, 0.1) is 12.7 Å². The highest BCUT2D eigenvalue weighted by Crippen LogP contribution is 2.24. The first kappa shape index (κ1) is 17.3. The number of nitrogens with zero attached hydrogens (tertiary/aromatic N) is 1. The van der Waals surface area contributed by atoms with E-state index in [1.54, 1.807) is 18.2 Å². The van der Waals surface area contributed by atoms with Gasteiger partial charge in [-0.3, -0.25) is 4.79 Å². The maximum Gasteiger partial charge on any atom is 0.251 e. The summed E-state index contributed by atoms with van der Waals surface area (Å²) in [7, 11) is 0. The van der Waals surface area contributed by atoms with Crippen LogP contribution in [-0.2, 0) is 6.54 Å². The fourth-order valence-electron chi connectivity index (χ4n) is 2.80. The third-order valence-corrected chi connectivity index (χ3v) is 4.54. The van der Waals surface area contributed by atoms with Gasteiger partial charge in [-0.25, -0.2) is 9.37 Å². The van der Waals surface area contributed by atoms with Crippen molar-refractivity contribution in [3.63, 3.8) is 0 Å². The van der Waals surface area contributed by atoms with Crippen molar-refractivity contribution in [3.8, 4) is 11.3 Å². The van der Waals surface area contributed by atoms with Crippen LogP contribution in [0.1, 0.15) is 34.7 Å². The minimum atomic E-state index is -0.349. The predicted octanol–water partition coefficient (Wildman–Crippen LogP) is 4.29. The lowest BCUT2D eigenvalue weighted by Gasteiger charge is -2.10. The van der Waals surface area contributed by atoms with Crippen LogP contribution >= 0.6 is 0 Å². The second kappa shape index (κ2) is 7.23. The number of anilines is 1. The molecule has 2 N–H and O–H groups in total. The van der Waals surface area contributed by atoms with Crippen LogP contribution in [0.5, 0.6) is 0 Å². The molecule has 1 amide bonds. The normalized spacial score (nSPS) is 13.4. The average Bonchev–Trinajstić information content (AvgIpc) is 3.35. The van der Waals surface area contributed by atoms with Crippen LogP contribution in [0.15, 0.2) is 53.1 Å². The van der Waals surface area contributed by atoms with E-state index < -0.39 is 0 Å². The number of hydrogen-bond donors (Lipinski definition) is 2. The van der Waals surface area contributed by atoms with Crippen molar-refractivity contribution in [1.82, 2.24) is 10.3 Å². The van der Waals surface area contributed by atoms with E-state index in [-0.39, 0.29) is 11.7 Å². The van der Waals surface area contributed by atoms with Crippen molar-refractivity contribution < 1.29 is 13.6 Å². The molecule has 1 aliphatic carbocycles. The standard InChI is InChI=1S/C21H20FN3O2/c1-13-6-7-14(21(26)25-15-8-9-15)10-18(13)23-12-20-24-11-19(27-20)16-4-2-3-5-17(16)22/h2-7,10-11,15,23H,8-9,12H2,1H3,(H,25,26). The van der Waals surface area contributed by atoms with Gasteiger partial charge in [-0.15, -0.1) is 0 Å². The molecule has 0 bridgehead atoms. The summed E-state index contributed by atoms with van der Waals surface area (Å²) in [5.74, 6) is 0.427. The van der Waals surface area contributed by atoms with E-state index in [0.717, 1.165) is 24.1 Å². The number of benzene rings is 2. The largest absolute Gasteiger partial charge is 0.439 e. The summed E-state index contributed by atoms with van der Waals surface area (Å²) < 4.78 is 19.5.